The SMILES string of the molecule is C1=NC2=Cc3ncncc3CC2=C1.Cl. The van der Waals surface area contributed by atoms with E-state index in [0.29, 0.717) is 0 Å². The van der Waals surface area contributed by atoms with Gasteiger partial charge in [-0.05, 0) is 17.7 Å². The Bertz CT molecular complexity index is 460. The number of halogens is 1. The van der Waals surface area contributed by atoms with Gasteiger partial charge in [0.05, 0.1) is 11.4 Å². The first-order valence-electron chi connectivity index (χ1n) is 4.18. The first-order valence-corrected chi connectivity index (χ1v) is 4.18. The highest BCUT2D eigenvalue weighted by atomic mass is 35.5. The minimum Gasteiger partial charge on any atom is -0.257 e. The number of hydrogen-bond donors (Lipinski definition) is 0. The van der Waals surface area contributed by atoms with Crippen LogP contribution in [0.4, 0.5) is 0 Å². The van der Waals surface area contributed by atoms with Gasteiger partial charge in [-0.25, -0.2) is 9.97 Å². The zero-order valence-corrected chi connectivity index (χ0v) is 8.16. The Morgan fingerprint density at radius 3 is 3.14 bits per heavy atom. The van der Waals surface area contributed by atoms with Crippen LogP contribution in [0.2, 0.25) is 0 Å². The van der Waals surface area contributed by atoms with E-state index >= 15 is 0 Å². The summed E-state index contributed by atoms with van der Waals surface area (Å²) in [6.07, 6.45) is 10.2. The monoisotopic (exact) mass is 205 g/mol. The van der Waals surface area contributed by atoms with Crippen molar-refractivity contribution in [1.29, 1.82) is 0 Å². The lowest BCUT2D eigenvalue weighted by Crippen LogP contribution is -2.02. The van der Waals surface area contributed by atoms with Crippen molar-refractivity contribution in [3.05, 3.63) is 41.1 Å². The third kappa shape index (κ3) is 1.26. The molecule has 3 nitrogen and oxygen atoms in total. The van der Waals surface area contributed by atoms with Gasteiger partial charge in [-0.15, -0.1) is 12.4 Å². The molecule has 2 heterocycles. The maximum absolute atomic E-state index is 4.24. The van der Waals surface area contributed by atoms with Crippen LogP contribution < -0.4 is 0 Å². The molecule has 0 saturated carbocycles. The Morgan fingerprint density at radius 1 is 1.29 bits per heavy atom. The van der Waals surface area contributed by atoms with Gasteiger partial charge in [-0.3, -0.25) is 4.99 Å². The summed E-state index contributed by atoms with van der Waals surface area (Å²) >= 11 is 0. The number of aromatic nitrogens is 2. The molecule has 0 bridgehead atoms. The summed E-state index contributed by atoms with van der Waals surface area (Å²) in [5.41, 5.74) is 4.50. The van der Waals surface area contributed by atoms with Crippen molar-refractivity contribution in [1.82, 2.24) is 9.97 Å². The van der Waals surface area contributed by atoms with Crippen molar-refractivity contribution in [2.24, 2.45) is 4.99 Å². The fourth-order valence-corrected chi connectivity index (χ4v) is 1.62. The van der Waals surface area contributed by atoms with E-state index in [9.17, 15) is 0 Å². The Morgan fingerprint density at radius 2 is 2.21 bits per heavy atom. The first kappa shape index (κ1) is 9.09. The second-order valence-corrected chi connectivity index (χ2v) is 3.11. The van der Waals surface area contributed by atoms with E-state index in [1.807, 2.05) is 24.6 Å². The number of aliphatic imine (C=N–C) groups is 1. The molecule has 0 atom stereocenters. The highest BCUT2D eigenvalue weighted by Crippen LogP contribution is 2.28. The fourth-order valence-electron chi connectivity index (χ4n) is 1.62. The standard InChI is InChI=1S/C10H7N3.ClH/c1-2-12-9-4-10-8(3-7(1)9)5-11-6-13-10;/h1-2,4-6H,3H2;1H. The fraction of sp³-hybridized carbons (Fsp3) is 0.100. The highest BCUT2D eigenvalue weighted by Gasteiger charge is 2.17. The van der Waals surface area contributed by atoms with Gasteiger partial charge in [0.25, 0.3) is 0 Å². The molecule has 0 radical (unpaired) electrons. The molecule has 1 aliphatic heterocycles. The molecule has 0 fully saturated rings. The predicted octanol–water partition coefficient (Wildman–Crippen LogP) is 1.81. The van der Waals surface area contributed by atoms with Crippen molar-refractivity contribution < 1.29 is 0 Å². The largest absolute Gasteiger partial charge is 0.257 e. The molecule has 1 aromatic heterocycles. The summed E-state index contributed by atoms with van der Waals surface area (Å²) in [5.74, 6) is 0. The Kier molecular flexibility index (Phi) is 2.17. The summed E-state index contributed by atoms with van der Waals surface area (Å²) in [5, 5.41) is 0. The Hall–Kier alpha value is -1.48. The highest BCUT2D eigenvalue weighted by molar-refractivity contribution is 5.85. The quantitative estimate of drug-likeness (QED) is 0.648. The van der Waals surface area contributed by atoms with Crippen LogP contribution in [-0.4, -0.2) is 16.2 Å². The van der Waals surface area contributed by atoms with E-state index < -0.39 is 0 Å². The molecule has 1 aliphatic carbocycles. The second-order valence-electron chi connectivity index (χ2n) is 3.11. The van der Waals surface area contributed by atoms with E-state index in [-0.39, 0.29) is 12.4 Å². The molecule has 0 amide bonds. The smallest absolute Gasteiger partial charge is 0.116 e. The molecule has 0 spiro atoms. The molecule has 0 saturated heterocycles. The van der Waals surface area contributed by atoms with E-state index in [0.717, 1.165) is 17.8 Å². The summed E-state index contributed by atoms with van der Waals surface area (Å²) in [6, 6.07) is 0. The number of allylic oxidation sites excluding steroid dienone is 2. The van der Waals surface area contributed by atoms with Crippen LogP contribution in [0, 0.1) is 0 Å². The van der Waals surface area contributed by atoms with Crippen LogP contribution in [0.3, 0.4) is 0 Å². The van der Waals surface area contributed by atoms with Gasteiger partial charge in [0, 0.05) is 24.4 Å². The minimum absolute atomic E-state index is 0. The maximum Gasteiger partial charge on any atom is 0.116 e. The minimum atomic E-state index is 0. The summed E-state index contributed by atoms with van der Waals surface area (Å²) in [7, 11) is 0. The zero-order valence-electron chi connectivity index (χ0n) is 7.34. The van der Waals surface area contributed by atoms with E-state index in [1.165, 1.54) is 11.1 Å². The van der Waals surface area contributed by atoms with Crippen LogP contribution in [0.25, 0.3) is 6.08 Å². The topological polar surface area (TPSA) is 38.1 Å². The van der Waals surface area contributed by atoms with E-state index in [4.69, 9.17) is 0 Å². The third-order valence-electron chi connectivity index (χ3n) is 2.30. The molecule has 1 aromatic rings. The summed E-state index contributed by atoms with van der Waals surface area (Å²) < 4.78 is 0. The van der Waals surface area contributed by atoms with Crippen molar-refractivity contribution in [2.75, 3.05) is 0 Å². The van der Waals surface area contributed by atoms with Gasteiger partial charge < -0.3 is 0 Å². The van der Waals surface area contributed by atoms with Crippen molar-refractivity contribution >= 4 is 24.7 Å². The van der Waals surface area contributed by atoms with Crippen LogP contribution in [-0.2, 0) is 6.42 Å². The van der Waals surface area contributed by atoms with Gasteiger partial charge in [0.1, 0.15) is 6.33 Å². The normalized spacial score (nSPS) is 16.3. The van der Waals surface area contributed by atoms with Crippen LogP contribution in [0.1, 0.15) is 11.3 Å². The molecule has 0 unspecified atom stereocenters. The average Bonchev–Trinajstić information content (AvgIpc) is 2.61. The number of hydrogen-bond acceptors (Lipinski definition) is 3. The molecular formula is C10H8ClN3. The van der Waals surface area contributed by atoms with Crippen LogP contribution in [0.15, 0.2) is 34.9 Å². The van der Waals surface area contributed by atoms with Gasteiger partial charge in [-0.2, -0.15) is 0 Å². The molecule has 0 aromatic carbocycles. The van der Waals surface area contributed by atoms with Gasteiger partial charge in [0.15, 0.2) is 0 Å². The maximum atomic E-state index is 4.24. The second kappa shape index (κ2) is 3.35. The molecule has 4 heteroatoms. The lowest BCUT2D eigenvalue weighted by molar-refractivity contribution is 1.02. The average molecular weight is 206 g/mol. The van der Waals surface area contributed by atoms with Crippen molar-refractivity contribution in [3.63, 3.8) is 0 Å². The molecule has 14 heavy (non-hydrogen) atoms. The van der Waals surface area contributed by atoms with Gasteiger partial charge >= 0.3 is 0 Å². The number of rotatable bonds is 0. The lowest BCUT2D eigenvalue weighted by atomic mass is 9.97. The first-order chi connectivity index (χ1) is 6.43. The Labute approximate surface area is 87.7 Å². The molecule has 2 aliphatic rings. The zero-order chi connectivity index (χ0) is 8.67. The van der Waals surface area contributed by atoms with Gasteiger partial charge in [0.2, 0.25) is 0 Å². The van der Waals surface area contributed by atoms with Crippen LogP contribution in [0.5, 0.6) is 0 Å². The molecule has 70 valence electrons. The summed E-state index contributed by atoms with van der Waals surface area (Å²) in [4.78, 5) is 12.4. The lowest BCUT2D eigenvalue weighted by Gasteiger charge is -2.12. The number of fused-ring (bicyclic) bond motifs is 2. The third-order valence-corrected chi connectivity index (χ3v) is 2.30. The van der Waals surface area contributed by atoms with Crippen LogP contribution >= 0.6 is 12.4 Å². The van der Waals surface area contributed by atoms with Gasteiger partial charge in [-0.1, -0.05) is 0 Å². The van der Waals surface area contributed by atoms with E-state index in [2.05, 4.69) is 15.0 Å². The Balaban J connectivity index is 0.000000750. The van der Waals surface area contributed by atoms with E-state index in [1.54, 1.807) is 6.33 Å². The molecule has 0 N–H and O–H groups in total. The number of nitrogens with zero attached hydrogens (tertiary/aromatic N) is 3. The van der Waals surface area contributed by atoms with Crippen molar-refractivity contribution in [2.45, 2.75) is 6.42 Å². The molecular weight excluding hydrogens is 198 g/mol. The molecule has 3 rings (SSSR count). The summed E-state index contributed by atoms with van der Waals surface area (Å²) in [6.45, 7) is 0. The van der Waals surface area contributed by atoms with Crippen molar-refractivity contribution in [3.8, 4) is 0 Å². The predicted molar refractivity (Wildman–Crippen MR) is 57.5 cm³/mol.